The summed E-state index contributed by atoms with van der Waals surface area (Å²) in [4.78, 5) is 0. The lowest BCUT2D eigenvalue weighted by Crippen LogP contribution is -2.05. The van der Waals surface area contributed by atoms with Crippen LogP contribution in [0.25, 0.3) is 0 Å². The molecule has 0 saturated heterocycles. The van der Waals surface area contributed by atoms with Gasteiger partial charge in [0.25, 0.3) is 0 Å². The second-order valence-corrected chi connectivity index (χ2v) is 6.03. The molecule has 1 unspecified atom stereocenters. The summed E-state index contributed by atoms with van der Waals surface area (Å²) in [7, 11) is 0. The molecule has 0 fully saturated rings. The normalized spacial score (nSPS) is 12.8. The van der Waals surface area contributed by atoms with Crippen LogP contribution in [0.3, 0.4) is 0 Å². The Morgan fingerprint density at radius 3 is 1.35 bits per heavy atom. The van der Waals surface area contributed by atoms with Crippen molar-refractivity contribution >= 4 is 0 Å². The SMILES string of the molecule is CCCCCCCCCCCCCCCCOC(C)[O]. The molecule has 2 nitrogen and oxygen atoms in total. The Hall–Kier alpha value is -0.0800. The molecule has 0 bridgehead atoms. The van der Waals surface area contributed by atoms with E-state index in [2.05, 4.69) is 6.92 Å². The Balaban J connectivity index is 2.92. The third-order valence-corrected chi connectivity index (χ3v) is 3.85. The monoisotopic (exact) mass is 285 g/mol. The molecule has 0 N–H and O–H groups in total. The second kappa shape index (κ2) is 17.0. The molecule has 0 aromatic heterocycles. The van der Waals surface area contributed by atoms with E-state index in [1.165, 1.54) is 83.5 Å². The summed E-state index contributed by atoms with van der Waals surface area (Å²) >= 11 is 0. The third-order valence-electron chi connectivity index (χ3n) is 3.85. The van der Waals surface area contributed by atoms with Crippen molar-refractivity contribution in [1.29, 1.82) is 0 Å². The van der Waals surface area contributed by atoms with Crippen LogP contribution in [-0.2, 0) is 9.84 Å². The maximum atomic E-state index is 10.6. The first-order valence-electron chi connectivity index (χ1n) is 9.04. The first-order chi connectivity index (χ1) is 9.77. The smallest absolute Gasteiger partial charge is 0.188 e. The summed E-state index contributed by atoms with van der Waals surface area (Å²) in [6.45, 7) is 4.48. The molecule has 1 radical (unpaired) electrons. The molecule has 0 aliphatic carbocycles. The van der Waals surface area contributed by atoms with Gasteiger partial charge in [-0.25, -0.2) is 5.11 Å². The van der Waals surface area contributed by atoms with E-state index in [1.807, 2.05) is 0 Å². The number of rotatable bonds is 16. The van der Waals surface area contributed by atoms with Crippen LogP contribution < -0.4 is 0 Å². The highest BCUT2D eigenvalue weighted by Gasteiger charge is 1.96. The molecule has 0 spiro atoms. The molecule has 0 amide bonds. The van der Waals surface area contributed by atoms with Crippen molar-refractivity contribution in [2.24, 2.45) is 0 Å². The number of hydrogen-bond acceptors (Lipinski definition) is 1. The maximum absolute atomic E-state index is 10.6. The van der Waals surface area contributed by atoms with Crippen molar-refractivity contribution in [3.05, 3.63) is 0 Å². The minimum absolute atomic E-state index is 0.642. The molecule has 0 rings (SSSR count). The van der Waals surface area contributed by atoms with Gasteiger partial charge in [-0.15, -0.1) is 0 Å². The van der Waals surface area contributed by atoms with Gasteiger partial charge < -0.3 is 4.74 Å². The topological polar surface area (TPSA) is 29.1 Å². The molecule has 0 saturated carbocycles. The summed E-state index contributed by atoms with van der Waals surface area (Å²) in [5, 5.41) is 10.6. The van der Waals surface area contributed by atoms with E-state index in [0.29, 0.717) is 6.61 Å². The molecule has 0 aliphatic rings. The van der Waals surface area contributed by atoms with Gasteiger partial charge in [-0.2, -0.15) is 0 Å². The zero-order chi connectivity index (χ0) is 14.9. The van der Waals surface area contributed by atoms with Gasteiger partial charge in [-0.05, 0) is 13.3 Å². The van der Waals surface area contributed by atoms with Crippen molar-refractivity contribution in [2.45, 2.75) is 110 Å². The quantitative estimate of drug-likeness (QED) is 0.243. The van der Waals surface area contributed by atoms with Crippen LogP contribution in [0.5, 0.6) is 0 Å². The molecular formula is C18H37O2. The van der Waals surface area contributed by atoms with E-state index in [-0.39, 0.29) is 0 Å². The van der Waals surface area contributed by atoms with Gasteiger partial charge in [0, 0.05) is 6.61 Å². The van der Waals surface area contributed by atoms with Crippen molar-refractivity contribution in [2.75, 3.05) is 6.61 Å². The highest BCUT2D eigenvalue weighted by Crippen LogP contribution is 2.12. The van der Waals surface area contributed by atoms with Gasteiger partial charge in [0.1, 0.15) is 0 Å². The van der Waals surface area contributed by atoms with Crippen molar-refractivity contribution in [3.8, 4) is 0 Å². The zero-order valence-electron chi connectivity index (χ0n) is 14.0. The van der Waals surface area contributed by atoms with E-state index in [9.17, 15) is 5.11 Å². The fourth-order valence-corrected chi connectivity index (χ4v) is 2.55. The Kier molecular flexibility index (Phi) is 16.9. The first-order valence-corrected chi connectivity index (χ1v) is 9.04. The minimum atomic E-state index is -0.850. The average Bonchev–Trinajstić information content (AvgIpc) is 2.43. The minimum Gasteiger partial charge on any atom is -0.350 e. The van der Waals surface area contributed by atoms with Gasteiger partial charge in [-0.1, -0.05) is 90.4 Å². The molecule has 0 heterocycles. The summed E-state index contributed by atoms with van der Waals surface area (Å²) in [6, 6.07) is 0. The molecule has 2 heteroatoms. The van der Waals surface area contributed by atoms with Gasteiger partial charge >= 0.3 is 0 Å². The lowest BCUT2D eigenvalue weighted by Gasteiger charge is -2.05. The van der Waals surface area contributed by atoms with Crippen LogP contribution in [0.15, 0.2) is 0 Å². The first kappa shape index (κ1) is 19.9. The average molecular weight is 285 g/mol. The van der Waals surface area contributed by atoms with Gasteiger partial charge in [0.05, 0.1) is 0 Å². The zero-order valence-corrected chi connectivity index (χ0v) is 14.0. The largest absolute Gasteiger partial charge is 0.350 e. The third kappa shape index (κ3) is 17.9. The molecule has 121 valence electrons. The van der Waals surface area contributed by atoms with Crippen LogP contribution in [0, 0.1) is 0 Å². The van der Waals surface area contributed by atoms with Gasteiger partial charge in [0.2, 0.25) is 0 Å². The lowest BCUT2D eigenvalue weighted by molar-refractivity contribution is -0.127. The Labute approximate surface area is 127 Å². The van der Waals surface area contributed by atoms with Crippen LogP contribution in [0.1, 0.15) is 104 Å². The highest BCUT2D eigenvalue weighted by molar-refractivity contribution is 4.49. The molecular weight excluding hydrogens is 248 g/mol. The Morgan fingerprint density at radius 2 is 1.00 bits per heavy atom. The summed E-state index contributed by atoms with van der Waals surface area (Å²) in [6.07, 6.45) is 18.2. The Bertz CT molecular complexity index is 169. The molecule has 0 aromatic rings. The van der Waals surface area contributed by atoms with Gasteiger partial charge in [-0.3, -0.25) is 0 Å². The number of ether oxygens (including phenoxy) is 1. The standard InChI is InChI=1S/C18H37O2/c1-3-4-5-6-7-8-9-10-11-12-13-14-15-16-17-20-18(2)19/h18H,3-17H2,1-2H3. The van der Waals surface area contributed by atoms with Crippen LogP contribution >= 0.6 is 0 Å². The van der Waals surface area contributed by atoms with Gasteiger partial charge in [0.15, 0.2) is 6.29 Å². The summed E-state index contributed by atoms with van der Waals surface area (Å²) in [5.74, 6) is 0. The van der Waals surface area contributed by atoms with E-state index >= 15 is 0 Å². The maximum Gasteiger partial charge on any atom is 0.188 e. The van der Waals surface area contributed by atoms with Crippen LogP contribution in [-0.4, -0.2) is 12.9 Å². The fourth-order valence-electron chi connectivity index (χ4n) is 2.55. The summed E-state index contributed by atoms with van der Waals surface area (Å²) in [5.41, 5.74) is 0. The van der Waals surface area contributed by atoms with Crippen molar-refractivity contribution in [3.63, 3.8) is 0 Å². The lowest BCUT2D eigenvalue weighted by atomic mass is 10.0. The molecule has 1 atom stereocenters. The molecule has 0 aliphatic heterocycles. The predicted octanol–water partition coefficient (Wildman–Crippen LogP) is 6.26. The van der Waals surface area contributed by atoms with E-state index in [4.69, 9.17) is 4.74 Å². The van der Waals surface area contributed by atoms with Crippen LogP contribution in [0.2, 0.25) is 0 Å². The van der Waals surface area contributed by atoms with Crippen molar-refractivity contribution in [1.82, 2.24) is 0 Å². The van der Waals surface area contributed by atoms with E-state index in [1.54, 1.807) is 6.92 Å². The highest BCUT2D eigenvalue weighted by atomic mass is 16.6. The van der Waals surface area contributed by atoms with Crippen LogP contribution in [0.4, 0.5) is 0 Å². The predicted molar refractivity (Wildman–Crippen MR) is 86.4 cm³/mol. The van der Waals surface area contributed by atoms with E-state index in [0.717, 1.165) is 6.42 Å². The fraction of sp³-hybridized carbons (Fsp3) is 1.00. The second-order valence-electron chi connectivity index (χ2n) is 6.03. The summed E-state index contributed by atoms with van der Waals surface area (Å²) < 4.78 is 4.99. The number of hydrogen-bond donors (Lipinski definition) is 0. The van der Waals surface area contributed by atoms with Crippen molar-refractivity contribution < 1.29 is 9.84 Å². The molecule has 20 heavy (non-hydrogen) atoms. The number of unbranched alkanes of at least 4 members (excludes halogenated alkanes) is 13. The molecule has 0 aromatic carbocycles. The Morgan fingerprint density at radius 1 is 0.650 bits per heavy atom. The van der Waals surface area contributed by atoms with E-state index < -0.39 is 6.29 Å².